The molecule has 0 radical (unpaired) electrons. The summed E-state index contributed by atoms with van der Waals surface area (Å²) in [5.41, 5.74) is 4.61. The highest BCUT2D eigenvalue weighted by atomic mass is 35.5. The number of halogens is 5. The molecule has 3 rings (SSSR count). The Bertz CT molecular complexity index is 945. The van der Waals surface area contributed by atoms with Gasteiger partial charge in [-0.15, -0.1) is 10.2 Å². The predicted molar refractivity (Wildman–Crippen MR) is 82.9 cm³/mol. The largest absolute Gasteiger partial charge is 0.433 e. The van der Waals surface area contributed by atoms with E-state index >= 15 is 0 Å². The van der Waals surface area contributed by atoms with E-state index in [2.05, 4.69) is 20.2 Å². The summed E-state index contributed by atoms with van der Waals surface area (Å²) in [5.74, 6) is -0.761. The summed E-state index contributed by atoms with van der Waals surface area (Å²) in [5, 5.41) is 6.99. The number of hydrogen-bond acceptors (Lipinski definition) is 5. The molecular formula is C15H8ClF4N5. The Hall–Kier alpha value is -2.81. The summed E-state index contributed by atoms with van der Waals surface area (Å²) in [6.45, 7) is 0. The molecule has 0 aliphatic heterocycles. The highest BCUT2D eigenvalue weighted by molar-refractivity contribution is 6.29. The van der Waals surface area contributed by atoms with Gasteiger partial charge in [0.15, 0.2) is 0 Å². The third-order valence-corrected chi connectivity index (χ3v) is 3.35. The molecule has 25 heavy (non-hydrogen) atoms. The molecular weight excluding hydrogens is 362 g/mol. The Morgan fingerprint density at radius 2 is 1.68 bits per heavy atom. The van der Waals surface area contributed by atoms with Crippen LogP contribution in [0.25, 0.3) is 22.5 Å². The van der Waals surface area contributed by atoms with Gasteiger partial charge in [0.2, 0.25) is 5.95 Å². The van der Waals surface area contributed by atoms with Crippen LogP contribution in [0.5, 0.6) is 0 Å². The molecule has 10 heteroatoms. The molecule has 0 unspecified atom stereocenters. The lowest BCUT2D eigenvalue weighted by Gasteiger charge is -2.11. The second kappa shape index (κ2) is 6.25. The van der Waals surface area contributed by atoms with Crippen molar-refractivity contribution < 1.29 is 17.6 Å². The number of nitrogens with two attached hydrogens (primary N) is 1. The number of anilines is 1. The quantitative estimate of drug-likeness (QED) is 0.546. The highest BCUT2D eigenvalue weighted by Gasteiger charge is 2.33. The molecule has 0 bridgehead atoms. The first-order valence-electron chi connectivity index (χ1n) is 6.75. The maximum atomic E-state index is 13.5. The summed E-state index contributed by atoms with van der Waals surface area (Å²) < 4.78 is 52.4. The van der Waals surface area contributed by atoms with Gasteiger partial charge in [0.1, 0.15) is 28.1 Å². The monoisotopic (exact) mass is 369 g/mol. The lowest BCUT2D eigenvalue weighted by molar-refractivity contribution is -0.141. The molecule has 2 heterocycles. The van der Waals surface area contributed by atoms with Crippen LogP contribution in [0.4, 0.5) is 23.5 Å². The third-order valence-electron chi connectivity index (χ3n) is 3.16. The van der Waals surface area contributed by atoms with E-state index in [1.54, 1.807) is 0 Å². The van der Waals surface area contributed by atoms with Crippen molar-refractivity contribution in [3.63, 3.8) is 0 Å². The summed E-state index contributed by atoms with van der Waals surface area (Å²) >= 11 is 5.70. The van der Waals surface area contributed by atoms with Gasteiger partial charge in [-0.25, -0.2) is 14.4 Å². The number of alkyl halides is 3. The topological polar surface area (TPSA) is 77.6 Å². The lowest BCUT2D eigenvalue weighted by Crippen LogP contribution is -2.09. The van der Waals surface area contributed by atoms with E-state index in [0.717, 1.165) is 12.1 Å². The molecule has 0 aliphatic carbocycles. The SMILES string of the molecule is Nc1nnc(-c2cc(Cl)nc(C(F)(F)F)c2)c(-c2cccc(F)c2)n1. The van der Waals surface area contributed by atoms with Crippen molar-refractivity contribution in [3.8, 4) is 22.5 Å². The minimum absolute atomic E-state index is 0.0217. The van der Waals surface area contributed by atoms with Gasteiger partial charge in [0.25, 0.3) is 0 Å². The molecule has 5 nitrogen and oxygen atoms in total. The Morgan fingerprint density at radius 1 is 0.920 bits per heavy atom. The lowest BCUT2D eigenvalue weighted by atomic mass is 10.0. The fourth-order valence-electron chi connectivity index (χ4n) is 2.15. The minimum Gasteiger partial charge on any atom is -0.366 e. The van der Waals surface area contributed by atoms with Gasteiger partial charge in [-0.3, -0.25) is 0 Å². The van der Waals surface area contributed by atoms with E-state index in [9.17, 15) is 17.6 Å². The third kappa shape index (κ3) is 3.66. The average Bonchev–Trinajstić information content (AvgIpc) is 2.53. The molecule has 1 aromatic carbocycles. The van der Waals surface area contributed by atoms with Crippen LogP contribution in [0.1, 0.15) is 5.69 Å². The van der Waals surface area contributed by atoms with E-state index in [0.29, 0.717) is 0 Å². The fraction of sp³-hybridized carbons (Fsp3) is 0.0667. The van der Waals surface area contributed by atoms with Gasteiger partial charge < -0.3 is 5.73 Å². The maximum Gasteiger partial charge on any atom is 0.433 e. The van der Waals surface area contributed by atoms with Crippen LogP contribution in [0.15, 0.2) is 36.4 Å². The van der Waals surface area contributed by atoms with E-state index in [4.69, 9.17) is 17.3 Å². The molecule has 0 aliphatic rings. The minimum atomic E-state index is -4.70. The van der Waals surface area contributed by atoms with Crippen LogP contribution in [0.3, 0.4) is 0 Å². The predicted octanol–water partition coefficient (Wildman–Crippen LogP) is 3.99. The van der Waals surface area contributed by atoms with Crippen LogP contribution in [0.2, 0.25) is 5.15 Å². The standard InChI is InChI=1S/C15H8ClF4N5/c16-11-6-8(5-10(22-11)15(18,19)20)13-12(23-14(21)25-24-13)7-2-1-3-9(17)4-7/h1-6H,(H2,21,23,25). The highest BCUT2D eigenvalue weighted by Crippen LogP contribution is 2.35. The fourth-order valence-corrected chi connectivity index (χ4v) is 2.36. The van der Waals surface area contributed by atoms with E-state index < -0.39 is 17.7 Å². The summed E-state index contributed by atoms with van der Waals surface area (Å²) in [7, 11) is 0. The van der Waals surface area contributed by atoms with E-state index in [-0.39, 0.29) is 33.6 Å². The van der Waals surface area contributed by atoms with Gasteiger partial charge in [0.05, 0.1) is 0 Å². The molecule has 0 saturated carbocycles. The normalized spacial score (nSPS) is 11.6. The Labute approximate surface area is 143 Å². The zero-order valence-electron chi connectivity index (χ0n) is 12.2. The molecule has 0 spiro atoms. The summed E-state index contributed by atoms with van der Waals surface area (Å²) in [6.07, 6.45) is -4.70. The molecule has 0 amide bonds. The van der Waals surface area contributed by atoms with E-state index in [1.807, 2.05) is 0 Å². The van der Waals surface area contributed by atoms with Crippen LogP contribution < -0.4 is 5.73 Å². The maximum absolute atomic E-state index is 13.5. The zero-order valence-corrected chi connectivity index (χ0v) is 13.0. The number of nitrogens with zero attached hydrogens (tertiary/aromatic N) is 4. The van der Waals surface area contributed by atoms with Crippen LogP contribution in [-0.4, -0.2) is 20.2 Å². The molecule has 2 N–H and O–H groups in total. The zero-order chi connectivity index (χ0) is 18.2. The average molecular weight is 370 g/mol. The molecule has 2 aromatic heterocycles. The molecule has 0 fully saturated rings. The van der Waals surface area contributed by atoms with Gasteiger partial charge >= 0.3 is 6.18 Å². The molecule has 3 aromatic rings. The van der Waals surface area contributed by atoms with Gasteiger partial charge in [0, 0.05) is 11.1 Å². The van der Waals surface area contributed by atoms with Crippen LogP contribution in [0, 0.1) is 5.82 Å². The first kappa shape index (κ1) is 17.0. The first-order valence-corrected chi connectivity index (χ1v) is 7.13. The van der Waals surface area contributed by atoms with Gasteiger partial charge in [-0.05, 0) is 24.3 Å². The number of aromatic nitrogens is 4. The van der Waals surface area contributed by atoms with Crippen molar-refractivity contribution >= 4 is 17.5 Å². The van der Waals surface area contributed by atoms with Crippen LogP contribution >= 0.6 is 11.6 Å². The smallest absolute Gasteiger partial charge is 0.366 e. The van der Waals surface area contributed by atoms with Gasteiger partial charge in [-0.1, -0.05) is 23.7 Å². The second-order valence-electron chi connectivity index (χ2n) is 4.94. The van der Waals surface area contributed by atoms with Crippen molar-refractivity contribution in [1.29, 1.82) is 0 Å². The van der Waals surface area contributed by atoms with Crippen molar-refractivity contribution in [2.45, 2.75) is 6.18 Å². The number of hydrogen-bond donors (Lipinski definition) is 1. The molecule has 128 valence electrons. The summed E-state index contributed by atoms with van der Waals surface area (Å²) in [4.78, 5) is 7.23. The Morgan fingerprint density at radius 3 is 2.36 bits per heavy atom. The van der Waals surface area contributed by atoms with Crippen LogP contribution in [-0.2, 0) is 6.18 Å². The second-order valence-corrected chi connectivity index (χ2v) is 5.33. The first-order chi connectivity index (χ1) is 11.7. The van der Waals surface area contributed by atoms with Crippen molar-refractivity contribution in [3.05, 3.63) is 53.1 Å². The molecule has 0 atom stereocenters. The Balaban J connectivity index is 2.24. The number of benzene rings is 1. The van der Waals surface area contributed by atoms with Crippen molar-refractivity contribution in [2.75, 3.05) is 5.73 Å². The summed E-state index contributed by atoms with van der Waals surface area (Å²) in [6, 6.07) is 7.25. The van der Waals surface area contributed by atoms with Crippen molar-refractivity contribution in [2.24, 2.45) is 0 Å². The number of rotatable bonds is 2. The number of pyridine rings is 1. The van der Waals surface area contributed by atoms with Crippen molar-refractivity contribution in [1.82, 2.24) is 20.2 Å². The Kier molecular flexibility index (Phi) is 4.25. The van der Waals surface area contributed by atoms with Gasteiger partial charge in [-0.2, -0.15) is 13.2 Å². The van der Waals surface area contributed by atoms with E-state index in [1.165, 1.54) is 24.3 Å². The number of nitrogen functional groups attached to an aromatic ring is 1. The molecule has 0 saturated heterocycles.